The van der Waals surface area contributed by atoms with E-state index in [1.807, 2.05) is 0 Å². The van der Waals surface area contributed by atoms with Crippen LogP contribution in [0.1, 0.15) is 18.3 Å². The minimum Gasteiger partial charge on any atom is -0.321 e. The predicted molar refractivity (Wildman–Crippen MR) is 48.2 cm³/mol. The molecule has 2 N–H and O–H groups in total. The highest BCUT2D eigenvalue weighted by molar-refractivity contribution is 7.78. The second-order valence-corrected chi connectivity index (χ2v) is 2.40. The summed E-state index contributed by atoms with van der Waals surface area (Å²) >= 11 is 4.75. The maximum atomic E-state index is 5.70. The Balaban J connectivity index is 2.92. The van der Waals surface area contributed by atoms with Crippen LogP contribution in [0.3, 0.4) is 0 Å². The van der Waals surface area contributed by atoms with E-state index in [0.717, 1.165) is 5.82 Å². The van der Waals surface area contributed by atoms with Crippen molar-refractivity contribution in [3.8, 4) is 0 Å². The number of rotatable bonds is 3. The van der Waals surface area contributed by atoms with Gasteiger partial charge in [0.1, 0.15) is 5.82 Å². The quantitative estimate of drug-likeness (QED) is 0.682. The Kier molecular flexibility index (Phi) is 2.73. The summed E-state index contributed by atoms with van der Waals surface area (Å²) in [7, 11) is 0. The molecule has 1 unspecified atom stereocenters. The Bertz CT molecular complexity index is 244. The van der Waals surface area contributed by atoms with Gasteiger partial charge in [0.15, 0.2) is 0 Å². The number of aromatic nitrogens is 2. The Morgan fingerprint density at radius 2 is 2.64 bits per heavy atom. The molecule has 0 aromatic carbocycles. The van der Waals surface area contributed by atoms with E-state index in [2.05, 4.69) is 11.9 Å². The fourth-order valence-corrected chi connectivity index (χ4v) is 1.01. The molecule has 1 aromatic rings. The first-order valence-corrected chi connectivity index (χ1v) is 3.79. The summed E-state index contributed by atoms with van der Waals surface area (Å²) < 4.78 is 1.73. The zero-order chi connectivity index (χ0) is 8.27. The topological polar surface area (TPSA) is 43.8 Å². The van der Waals surface area contributed by atoms with Gasteiger partial charge in [-0.25, -0.2) is 4.98 Å². The largest absolute Gasteiger partial charge is 0.321 e. The monoisotopic (exact) mass is 168 g/mol. The average Bonchev–Trinajstić information content (AvgIpc) is 2.50. The molecule has 0 amide bonds. The third-order valence-corrected chi connectivity index (χ3v) is 1.68. The van der Waals surface area contributed by atoms with Crippen molar-refractivity contribution in [1.29, 1.82) is 0 Å². The van der Waals surface area contributed by atoms with E-state index in [9.17, 15) is 0 Å². The van der Waals surface area contributed by atoms with Gasteiger partial charge in [0.25, 0.3) is 0 Å². The van der Waals surface area contributed by atoms with E-state index < -0.39 is 0 Å². The molecule has 0 spiro atoms. The van der Waals surface area contributed by atoms with Crippen LogP contribution in [0.15, 0.2) is 12.4 Å². The lowest BCUT2D eigenvalue weighted by atomic mass is 10.2. The van der Waals surface area contributed by atoms with Crippen LogP contribution in [0.2, 0.25) is 0 Å². The normalized spacial score (nSPS) is 12.9. The molecule has 1 heterocycles. The first-order chi connectivity index (χ1) is 5.29. The molecule has 0 bridgehead atoms. The van der Waals surface area contributed by atoms with Gasteiger partial charge in [-0.05, 0) is 6.42 Å². The molecule has 0 aliphatic rings. The van der Waals surface area contributed by atoms with Crippen molar-refractivity contribution < 1.29 is 0 Å². The van der Waals surface area contributed by atoms with Gasteiger partial charge in [0.05, 0.1) is 11.5 Å². The van der Waals surface area contributed by atoms with Crippen molar-refractivity contribution >= 4 is 17.7 Å². The van der Waals surface area contributed by atoms with Crippen LogP contribution >= 0.6 is 12.2 Å². The first kappa shape index (κ1) is 8.36. The highest BCUT2D eigenvalue weighted by atomic mass is 32.1. The van der Waals surface area contributed by atoms with Gasteiger partial charge in [-0.3, -0.25) is 4.57 Å². The summed E-state index contributed by atoms with van der Waals surface area (Å²) in [5, 5.41) is 0. The number of hydrogen-bond acceptors (Lipinski definition) is 3. The van der Waals surface area contributed by atoms with Crippen LogP contribution in [-0.2, 0) is 0 Å². The minimum absolute atomic E-state index is 0.121. The van der Waals surface area contributed by atoms with Crippen LogP contribution in [-0.4, -0.2) is 15.0 Å². The highest BCUT2D eigenvalue weighted by Crippen LogP contribution is 2.08. The third kappa shape index (κ3) is 1.64. The summed E-state index contributed by atoms with van der Waals surface area (Å²) in [6, 6.07) is -0.121. The molecule has 1 aromatic heterocycles. The smallest absolute Gasteiger partial charge is 0.130 e. The lowest BCUT2D eigenvalue weighted by Gasteiger charge is -2.07. The first-order valence-electron chi connectivity index (χ1n) is 3.32. The van der Waals surface area contributed by atoms with E-state index in [0.29, 0.717) is 6.42 Å². The van der Waals surface area contributed by atoms with Crippen molar-refractivity contribution in [2.45, 2.75) is 12.5 Å². The van der Waals surface area contributed by atoms with Gasteiger partial charge in [0, 0.05) is 12.4 Å². The lowest BCUT2D eigenvalue weighted by molar-refractivity contribution is 0.677. The summed E-state index contributed by atoms with van der Waals surface area (Å²) in [5.41, 5.74) is 7.21. The zero-order valence-corrected chi connectivity index (χ0v) is 6.92. The standard InChI is InChI=1S/C7H10N3S/c1-2-6(8)7-9-3-4-10(7)5-11/h3-6H,1-2,8H2. The Hall–Kier alpha value is -0.740. The fourth-order valence-electron chi connectivity index (χ4n) is 0.830. The summed E-state index contributed by atoms with van der Waals surface area (Å²) in [5.74, 6) is 0.773. The van der Waals surface area contributed by atoms with E-state index >= 15 is 0 Å². The zero-order valence-electron chi connectivity index (χ0n) is 6.10. The molecule has 1 rings (SSSR count). The number of imidazole rings is 1. The van der Waals surface area contributed by atoms with Crippen molar-refractivity contribution in [3.63, 3.8) is 0 Å². The van der Waals surface area contributed by atoms with Gasteiger partial charge in [-0.15, -0.1) is 0 Å². The van der Waals surface area contributed by atoms with Crippen molar-refractivity contribution in [2.24, 2.45) is 5.73 Å². The maximum Gasteiger partial charge on any atom is 0.130 e. The van der Waals surface area contributed by atoms with Gasteiger partial charge in [-0.1, -0.05) is 19.1 Å². The van der Waals surface area contributed by atoms with E-state index in [4.69, 9.17) is 18.0 Å². The van der Waals surface area contributed by atoms with Crippen LogP contribution in [0.4, 0.5) is 0 Å². The minimum atomic E-state index is -0.121. The predicted octanol–water partition coefficient (Wildman–Crippen LogP) is 0.912. The number of hydrogen-bond donors (Lipinski definition) is 1. The molecular formula is C7H10N3S. The summed E-state index contributed by atoms with van der Waals surface area (Å²) in [6.07, 6.45) is 4.08. The molecule has 0 aliphatic carbocycles. The summed E-state index contributed by atoms with van der Waals surface area (Å²) in [4.78, 5) is 4.06. The van der Waals surface area contributed by atoms with E-state index in [-0.39, 0.29) is 6.04 Å². The highest BCUT2D eigenvalue weighted by Gasteiger charge is 2.07. The molecular weight excluding hydrogens is 158 g/mol. The Labute approximate surface area is 71.2 Å². The van der Waals surface area contributed by atoms with Crippen LogP contribution < -0.4 is 5.73 Å². The third-order valence-electron chi connectivity index (χ3n) is 1.45. The molecule has 0 saturated heterocycles. The molecule has 0 saturated carbocycles. The van der Waals surface area contributed by atoms with E-state index in [1.165, 1.54) is 5.49 Å². The number of nitrogens with zero attached hydrogens (tertiary/aromatic N) is 2. The molecule has 0 aliphatic heterocycles. The van der Waals surface area contributed by atoms with Crippen LogP contribution in [0.5, 0.6) is 0 Å². The van der Waals surface area contributed by atoms with Crippen molar-refractivity contribution in [2.75, 3.05) is 0 Å². The Morgan fingerprint density at radius 1 is 1.91 bits per heavy atom. The molecule has 1 atom stereocenters. The maximum absolute atomic E-state index is 5.70. The molecule has 11 heavy (non-hydrogen) atoms. The van der Waals surface area contributed by atoms with Gasteiger partial charge < -0.3 is 5.73 Å². The van der Waals surface area contributed by atoms with Crippen LogP contribution in [0, 0.1) is 6.92 Å². The van der Waals surface area contributed by atoms with Crippen molar-refractivity contribution in [1.82, 2.24) is 9.55 Å². The number of thiocarbonyl (C=S) groups is 1. The van der Waals surface area contributed by atoms with Crippen LogP contribution in [0.25, 0.3) is 0 Å². The average molecular weight is 168 g/mol. The molecule has 4 heteroatoms. The molecule has 1 radical (unpaired) electrons. The van der Waals surface area contributed by atoms with Gasteiger partial charge in [0.2, 0.25) is 0 Å². The molecule has 0 fully saturated rings. The van der Waals surface area contributed by atoms with Crippen molar-refractivity contribution in [3.05, 3.63) is 25.1 Å². The lowest BCUT2D eigenvalue weighted by Crippen LogP contribution is -2.14. The molecule has 3 nitrogen and oxygen atoms in total. The SMILES string of the molecule is [CH2]CC(N)c1nccn1C=S. The summed E-state index contributed by atoms with van der Waals surface area (Å²) in [6.45, 7) is 3.69. The Morgan fingerprint density at radius 3 is 3.18 bits per heavy atom. The second-order valence-electron chi connectivity index (χ2n) is 2.19. The van der Waals surface area contributed by atoms with Gasteiger partial charge >= 0.3 is 0 Å². The van der Waals surface area contributed by atoms with E-state index in [1.54, 1.807) is 17.0 Å². The number of nitrogens with two attached hydrogens (primary N) is 1. The fraction of sp³-hybridized carbons (Fsp3) is 0.286. The molecule has 59 valence electrons. The second kappa shape index (κ2) is 3.59. The van der Waals surface area contributed by atoms with Gasteiger partial charge in [-0.2, -0.15) is 0 Å².